The summed E-state index contributed by atoms with van der Waals surface area (Å²) >= 11 is 1.59. The second-order valence-corrected chi connectivity index (χ2v) is 9.01. The summed E-state index contributed by atoms with van der Waals surface area (Å²) in [7, 11) is 0. The molecule has 4 aliphatic rings. The van der Waals surface area contributed by atoms with Gasteiger partial charge in [0.15, 0.2) is 5.13 Å². The Balaban J connectivity index is 1.44. The fraction of sp³-hybridized carbons (Fsp3) is 0.765. The number of aromatic nitrogens is 1. The Kier molecular flexibility index (Phi) is 3.14. The molecule has 0 atom stereocenters. The van der Waals surface area contributed by atoms with Crippen molar-refractivity contribution in [2.45, 2.75) is 58.8 Å². The summed E-state index contributed by atoms with van der Waals surface area (Å²) in [6.07, 6.45) is 8.91. The van der Waals surface area contributed by atoms with E-state index in [1.807, 2.05) is 6.92 Å². The van der Waals surface area contributed by atoms with Crippen molar-refractivity contribution in [2.75, 3.05) is 5.32 Å². The average molecular weight is 304 g/mol. The smallest absolute Gasteiger partial charge is 0.226 e. The molecule has 1 N–H and O–H groups in total. The highest BCUT2D eigenvalue weighted by atomic mass is 32.1. The van der Waals surface area contributed by atoms with E-state index in [2.05, 4.69) is 17.2 Å². The Hall–Kier alpha value is -0.900. The van der Waals surface area contributed by atoms with Gasteiger partial charge in [-0.3, -0.25) is 4.79 Å². The van der Waals surface area contributed by atoms with E-state index in [-0.39, 0.29) is 5.91 Å². The lowest BCUT2D eigenvalue weighted by Gasteiger charge is -2.56. The summed E-state index contributed by atoms with van der Waals surface area (Å²) in [5, 5.41) is 3.82. The first-order valence-corrected chi connectivity index (χ1v) is 9.07. The Morgan fingerprint density at radius 1 is 1.19 bits per heavy atom. The summed E-state index contributed by atoms with van der Waals surface area (Å²) in [6, 6.07) is 0. The van der Waals surface area contributed by atoms with Crippen LogP contribution in [0, 0.1) is 37.0 Å². The number of anilines is 1. The molecular weight excluding hydrogens is 280 g/mol. The highest BCUT2D eigenvalue weighted by Gasteiger charge is 2.51. The van der Waals surface area contributed by atoms with Crippen LogP contribution in [-0.4, -0.2) is 10.9 Å². The van der Waals surface area contributed by atoms with Gasteiger partial charge in [0, 0.05) is 11.3 Å². The third kappa shape index (κ3) is 2.52. The van der Waals surface area contributed by atoms with Crippen molar-refractivity contribution < 1.29 is 4.79 Å². The monoisotopic (exact) mass is 304 g/mol. The van der Waals surface area contributed by atoms with Gasteiger partial charge in [-0.25, -0.2) is 4.98 Å². The topological polar surface area (TPSA) is 42.0 Å². The molecule has 4 heteroatoms. The van der Waals surface area contributed by atoms with Gasteiger partial charge in [0.1, 0.15) is 0 Å². The molecule has 0 saturated heterocycles. The van der Waals surface area contributed by atoms with Crippen molar-refractivity contribution in [3.8, 4) is 0 Å². The zero-order valence-corrected chi connectivity index (χ0v) is 13.8. The van der Waals surface area contributed by atoms with Gasteiger partial charge in [0.05, 0.1) is 5.69 Å². The Labute approximate surface area is 130 Å². The second-order valence-electron chi connectivity index (χ2n) is 7.80. The summed E-state index contributed by atoms with van der Waals surface area (Å²) in [5.41, 5.74) is 1.35. The highest BCUT2D eigenvalue weighted by Crippen LogP contribution is 2.61. The minimum atomic E-state index is 0.186. The molecule has 0 aromatic carbocycles. The average Bonchev–Trinajstić information content (AvgIpc) is 2.64. The Morgan fingerprint density at radius 2 is 1.76 bits per heavy atom. The van der Waals surface area contributed by atoms with Crippen LogP contribution in [0.25, 0.3) is 0 Å². The van der Waals surface area contributed by atoms with Crippen molar-refractivity contribution >= 4 is 22.4 Å². The summed E-state index contributed by atoms with van der Waals surface area (Å²) in [6.45, 7) is 4.06. The van der Waals surface area contributed by atoms with Crippen molar-refractivity contribution in [2.24, 2.45) is 23.2 Å². The third-order valence-corrected chi connectivity index (χ3v) is 6.96. The van der Waals surface area contributed by atoms with E-state index in [9.17, 15) is 4.79 Å². The van der Waals surface area contributed by atoms with Gasteiger partial charge in [-0.2, -0.15) is 0 Å². The molecular formula is C17H24N2OS. The quantitative estimate of drug-likeness (QED) is 0.904. The van der Waals surface area contributed by atoms with Gasteiger partial charge in [-0.15, -0.1) is 11.3 Å². The highest BCUT2D eigenvalue weighted by molar-refractivity contribution is 7.15. The maximum atomic E-state index is 12.5. The number of hydrogen-bond acceptors (Lipinski definition) is 3. The van der Waals surface area contributed by atoms with E-state index in [1.165, 1.54) is 43.4 Å². The molecule has 4 aliphatic carbocycles. The van der Waals surface area contributed by atoms with Crippen molar-refractivity contribution in [3.63, 3.8) is 0 Å². The number of hydrogen-bond donors (Lipinski definition) is 1. The molecule has 3 nitrogen and oxygen atoms in total. The zero-order chi connectivity index (χ0) is 14.6. The summed E-state index contributed by atoms with van der Waals surface area (Å²) in [5.74, 6) is 2.92. The molecule has 1 aromatic heterocycles. The summed E-state index contributed by atoms with van der Waals surface area (Å²) in [4.78, 5) is 18.1. The van der Waals surface area contributed by atoms with E-state index < -0.39 is 0 Å². The molecule has 4 saturated carbocycles. The molecule has 1 heterocycles. The first-order valence-electron chi connectivity index (χ1n) is 8.25. The maximum absolute atomic E-state index is 12.5. The molecule has 0 unspecified atom stereocenters. The Morgan fingerprint density at radius 3 is 2.24 bits per heavy atom. The number of nitrogens with zero attached hydrogens (tertiary/aromatic N) is 1. The van der Waals surface area contributed by atoms with Crippen LogP contribution in [0.4, 0.5) is 5.13 Å². The minimum absolute atomic E-state index is 0.186. The number of nitrogens with one attached hydrogen (secondary N) is 1. The first-order chi connectivity index (χ1) is 10.0. The van der Waals surface area contributed by atoms with Crippen LogP contribution < -0.4 is 5.32 Å². The van der Waals surface area contributed by atoms with Crippen LogP contribution in [-0.2, 0) is 4.79 Å². The fourth-order valence-electron chi connectivity index (χ4n) is 5.54. The van der Waals surface area contributed by atoms with Crippen LogP contribution in [0.3, 0.4) is 0 Å². The predicted octanol–water partition coefficient (Wildman–Crippen LogP) is 4.30. The minimum Gasteiger partial charge on any atom is -0.302 e. The fourth-order valence-corrected chi connectivity index (χ4v) is 6.37. The molecule has 4 fully saturated rings. The first kappa shape index (κ1) is 13.7. The molecule has 5 rings (SSSR count). The normalized spacial score (nSPS) is 37.0. The lowest BCUT2D eigenvalue weighted by molar-refractivity contribution is -0.124. The Bertz CT molecular complexity index is 523. The zero-order valence-electron chi connectivity index (χ0n) is 12.9. The van der Waals surface area contributed by atoms with Crippen LogP contribution in [0.2, 0.25) is 0 Å². The number of rotatable bonds is 3. The molecule has 0 radical (unpaired) electrons. The van der Waals surface area contributed by atoms with Gasteiger partial charge in [-0.1, -0.05) is 0 Å². The number of aryl methyl sites for hydroxylation is 2. The van der Waals surface area contributed by atoms with Crippen LogP contribution >= 0.6 is 11.3 Å². The van der Waals surface area contributed by atoms with E-state index >= 15 is 0 Å². The van der Waals surface area contributed by atoms with Crippen molar-refractivity contribution in [1.82, 2.24) is 4.98 Å². The van der Waals surface area contributed by atoms with Gasteiger partial charge in [0.25, 0.3) is 0 Å². The lowest BCUT2D eigenvalue weighted by Crippen LogP contribution is -2.47. The molecule has 0 aliphatic heterocycles. The van der Waals surface area contributed by atoms with Crippen LogP contribution in [0.15, 0.2) is 0 Å². The van der Waals surface area contributed by atoms with Crippen molar-refractivity contribution in [1.29, 1.82) is 0 Å². The summed E-state index contributed by atoms with van der Waals surface area (Å²) < 4.78 is 0. The van der Waals surface area contributed by atoms with Gasteiger partial charge >= 0.3 is 0 Å². The molecule has 1 amide bonds. The van der Waals surface area contributed by atoms with E-state index in [0.717, 1.165) is 28.6 Å². The SMILES string of the molecule is Cc1nc(NC(=O)CC23CC4CC(CC(C4)C2)C3)sc1C. The third-order valence-electron chi connectivity index (χ3n) is 5.98. The van der Waals surface area contributed by atoms with Gasteiger partial charge in [-0.05, 0) is 75.5 Å². The van der Waals surface area contributed by atoms with E-state index in [0.29, 0.717) is 11.8 Å². The number of carbonyl (C=O) groups excluding carboxylic acids is 1. The van der Waals surface area contributed by atoms with Crippen LogP contribution in [0.1, 0.15) is 55.5 Å². The number of thiazole rings is 1. The van der Waals surface area contributed by atoms with Gasteiger partial charge < -0.3 is 5.32 Å². The van der Waals surface area contributed by atoms with E-state index in [1.54, 1.807) is 11.3 Å². The molecule has 0 spiro atoms. The molecule has 4 bridgehead atoms. The van der Waals surface area contributed by atoms with Gasteiger partial charge in [0.2, 0.25) is 5.91 Å². The molecule has 21 heavy (non-hydrogen) atoms. The van der Waals surface area contributed by atoms with E-state index in [4.69, 9.17) is 0 Å². The van der Waals surface area contributed by atoms with Crippen LogP contribution in [0.5, 0.6) is 0 Å². The standard InChI is InChI=1S/C17H24N2OS/c1-10-11(2)21-16(18-10)19-15(20)9-17-6-12-3-13(7-17)5-14(4-12)8-17/h12-14H,3-9H2,1-2H3,(H,18,19,20). The molecule has 1 aromatic rings. The largest absolute Gasteiger partial charge is 0.302 e. The van der Waals surface area contributed by atoms with Crippen molar-refractivity contribution in [3.05, 3.63) is 10.6 Å². The molecule has 114 valence electrons. The second kappa shape index (κ2) is 4.80. The maximum Gasteiger partial charge on any atom is 0.226 e. The number of amides is 1. The predicted molar refractivity (Wildman–Crippen MR) is 85.4 cm³/mol. The number of carbonyl (C=O) groups is 1. The lowest BCUT2D eigenvalue weighted by atomic mass is 9.49.